The van der Waals surface area contributed by atoms with E-state index in [1.807, 2.05) is 0 Å². The standard InChI is InChI=1S/C11H19I/c1-2-9-6-10-4-3-5-11(12,7-9)8-10/h9-10H,2-8H2,1H3. The number of halogens is 1. The quantitative estimate of drug-likeness (QED) is 0.499. The van der Waals surface area contributed by atoms with E-state index in [2.05, 4.69) is 29.5 Å². The Morgan fingerprint density at radius 2 is 2.25 bits per heavy atom. The molecule has 2 saturated carbocycles. The minimum atomic E-state index is 0.722. The predicted octanol–water partition coefficient (Wildman–Crippen LogP) is 4.17. The Morgan fingerprint density at radius 3 is 2.92 bits per heavy atom. The fourth-order valence-corrected chi connectivity index (χ4v) is 4.83. The van der Waals surface area contributed by atoms with Gasteiger partial charge in [0, 0.05) is 3.42 Å². The molecule has 0 nitrogen and oxygen atoms in total. The average Bonchev–Trinajstić information content (AvgIpc) is 2.02. The van der Waals surface area contributed by atoms with Crippen LogP contribution in [0, 0.1) is 11.8 Å². The summed E-state index contributed by atoms with van der Waals surface area (Å²) in [6.07, 6.45) is 10.5. The monoisotopic (exact) mass is 278 g/mol. The minimum absolute atomic E-state index is 0.722. The van der Waals surface area contributed by atoms with E-state index in [-0.39, 0.29) is 0 Å². The summed E-state index contributed by atoms with van der Waals surface area (Å²) in [6, 6.07) is 0. The lowest BCUT2D eigenvalue weighted by Crippen LogP contribution is -2.37. The summed E-state index contributed by atoms with van der Waals surface area (Å²) in [5.41, 5.74) is 0. The molecule has 0 N–H and O–H groups in total. The van der Waals surface area contributed by atoms with Gasteiger partial charge in [-0.15, -0.1) is 0 Å². The maximum absolute atomic E-state index is 2.76. The van der Waals surface area contributed by atoms with Crippen LogP contribution in [0.3, 0.4) is 0 Å². The maximum Gasteiger partial charge on any atom is 0.0227 e. The van der Waals surface area contributed by atoms with Crippen molar-refractivity contribution >= 4 is 22.6 Å². The molecule has 0 amide bonds. The summed E-state index contributed by atoms with van der Waals surface area (Å²) in [4.78, 5) is 0. The molecule has 3 unspecified atom stereocenters. The summed E-state index contributed by atoms with van der Waals surface area (Å²) in [5, 5.41) is 0. The molecule has 0 aromatic heterocycles. The van der Waals surface area contributed by atoms with E-state index >= 15 is 0 Å². The number of fused-ring (bicyclic) bond motifs is 2. The third-order valence-corrected chi connectivity index (χ3v) is 5.21. The van der Waals surface area contributed by atoms with Crippen molar-refractivity contribution in [3.05, 3.63) is 0 Å². The molecule has 1 heteroatoms. The molecule has 0 aliphatic heterocycles. The average molecular weight is 278 g/mol. The van der Waals surface area contributed by atoms with Crippen molar-refractivity contribution in [1.82, 2.24) is 0 Å². The van der Waals surface area contributed by atoms with Crippen molar-refractivity contribution in [2.75, 3.05) is 0 Å². The summed E-state index contributed by atoms with van der Waals surface area (Å²) in [7, 11) is 0. The topological polar surface area (TPSA) is 0 Å². The largest absolute Gasteiger partial charge is 0.0789 e. The van der Waals surface area contributed by atoms with Gasteiger partial charge < -0.3 is 0 Å². The first-order chi connectivity index (χ1) is 5.72. The van der Waals surface area contributed by atoms with Gasteiger partial charge in [-0.05, 0) is 37.5 Å². The number of hydrogen-bond donors (Lipinski definition) is 0. The van der Waals surface area contributed by atoms with Gasteiger partial charge in [0.1, 0.15) is 0 Å². The molecule has 12 heavy (non-hydrogen) atoms. The van der Waals surface area contributed by atoms with Gasteiger partial charge in [-0.25, -0.2) is 0 Å². The van der Waals surface area contributed by atoms with E-state index in [0.29, 0.717) is 0 Å². The van der Waals surface area contributed by atoms with Crippen molar-refractivity contribution < 1.29 is 0 Å². The van der Waals surface area contributed by atoms with Crippen LogP contribution in [0.5, 0.6) is 0 Å². The zero-order valence-electron chi connectivity index (χ0n) is 7.98. The molecule has 0 spiro atoms. The molecule has 0 aromatic carbocycles. The lowest BCUT2D eigenvalue weighted by molar-refractivity contribution is 0.167. The summed E-state index contributed by atoms with van der Waals surface area (Å²) in [5.74, 6) is 2.15. The van der Waals surface area contributed by atoms with Crippen molar-refractivity contribution in [3.63, 3.8) is 0 Å². The van der Waals surface area contributed by atoms with Crippen LogP contribution in [0.1, 0.15) is 51.9 Å². The first-order valence-corrected chi connectivity index (χ1v) is 6.48. The Kier molecular flexibility index (Phi) is 2.69. The van der Waals surface area contributed by atoms with Crippen LogP contribution >= 0.6 is 22.6 Å². The van der Waals surface area contributed by atoms with Gasteiger partial charge in [0.05, 0.1) is 0 Å². The highest BCUT2D eigenvalue weighted by atomic mass is 127. The fraction of sp³-hybridized carbons (Fsp3) is 1.00. The summed E-state index contributed by atoms with van der Waals surface area (Å²) < 4.78 is 0.722. The molecule has 2 bridgehead atoms. The third-order valence-electron chi connectivity index (χ3n) is 3.79. The molecule has 2 aliphatic rings. The van der Waals surface area contributed by atoms with Crippen molar-refractivity contribution in [2.24, 2.45) is 11.8 Å². The molecule has 3 atom stereocenters. The van der Waals surface area contributed by atoms with Crippen LogP contribution in [0.4, 0.5) is 0 Å². The van der Waals surface area contributed by atoms with Gasteiger partial charge in [0.25, 0.3) is 0 Å². The van der Waals surface area contributed by atoms with Crippen molar-refractivity contribution in [2.45, 2.75) is 55.3 Å². The van der Waals surface area contributed by atoms with Crippen LogP contribution < -0.4 is 0 Å². The van der Waals surface area contributed by atoms with Crippen LogP contribution in [0.2, 0.25) is 0 Å². The normalized spacial score (nSPS) is 47.5. The van der Waals surface area contributed by atoms with Gasteiger partial charge in [0.15, 0.2) is 0 Å². The lowest BCUT2D eigenvalue weighted by Gasteiger charge is -2.45. The van der Waals surface area contributed by atoms with Gasteiger partial charge in [0.2, 0.25) is 0 Å². The Balaban J connectivity index is 2.05. The molecule has 0 aromatic rings. The lowest BCUT2D eigenvalue weighted by atomic mass is 9.67. The molecule has 2 fully saturated rings. The zero-order valence-corrected chi connectivity index (χ0v) is 10.1. The maximum atomic E-state index is 2.76. The number of alkyl halides is 1. The Hall–Kier alpha value is 0.730. The first-order valence-electron chi connectivity index (χ1n) is 5.41. The van der Waals surface area contributed by atoms with E-state index < -0.39 is 0 Å². The Morgan fingerprint density at radius 1 is 1.42 bits per heavy atom. The molecule has 0 heterocycles. The van der Waals surface area contributed by atoms with E-state index in [1.54, 1.807) is 6.42 Å². The molecule has 70 valence electrons. The Bertz CT molecular complexity index is 166. The van der Waals surface area contributed by atoms with Crippen LogP contribution in [-0.4, -0.2) is 3.42 Å². The second-order valence-corrected chi connectivity index (χ2v) is 7.12. The smallest absolute Gasteiger partial charge is 0.0227 e. The van der Waals surface area contributed by atoms with E-state index in [4.69, 9.17) is 0 Å². The van der Waals surface area contributed by atoms with Gasteiger partial charge in [-0.3, -0.25) is 0 Å². The first kappa shape index (κ1) is 9.29. The SMILES string of the molecule is CCC1CC2CCCC(I)(C1)C2. The molecule has 0 radical (unpaired) electrons. The van der Waals surface area contributed by atoms with Crippen molar-refractivity contribution in [1.29, 1.82) is 0 Å². The van der Waals surface area contributed by atoms with Crippen molar-refractivity contribution in [3.8, 4) is 0 Å². The van der Waals surface area contributed by atoms with Crippen LogP contribution in [0.15, 0.2) is 0 Å². The van der Waals surface area contributed by atoms with Gasteiger partial charge >= 0.3 is 0 Å². The molecule has 2 rings (SSSR count). The zero-order chi connectivity index (χ0) is 8.60. The highest BCUT2D eigenvalue weighted by Gasteiger charge is 2.40. The highest BCUT2D eigenvalue weighted by molar-refractivity contribution is 14.1. The molecule has 0 saturated heterocycles. The van der Waals surface area contributed by atoms with Crippen LogP contribution in [-0.2, 0) is 0 Å². The number of hydrogen-bond acceptors (Lipinski definition) is 0. The second-order valence-electron chi connectivity index (χ2n) is 4.83. The van der Waals surface area contributed by atoms with Gasteiger partial charge in [-0.2, -0.15) is 0 Å². The highest BCUT2D eigenvalue weighted by Crippen LogP contribution is 2.50. The minimum Gasteiger partial charge on any atom is -0.0789 e. The predicted molar refractivity (Wildman–Crippen MR) is 61.7 cm³/mol. The molecular weight excluding hydrogens is 259 g/mol. The van der Waals surface area contributed by atoms with E-state index in [1.165, 1.54) is 38.5 Å². The summed E-state index contributed by atoms with van der Waals surface area (Å²) >= 11 is 2.76. The number of rotatable bonds is 1. The van der Waals surface area contributed by atoms with E-state index in [9.17, 15) is 0 Å². The molecule has 2 aliphatic carbocycles. The summed E-state index contributed by atoms with van der Waals surface area (Å²) in [6.45, 7) is 2.37. The third kappa shape index (κ3) is 1.80. The van der Waals surface area contributed by atoms with E-state index in [0.717, 1.165) is 15.3 Å². The van der Waals surface area contributed by atoms with Crippen LogP contribution in [0.25, 0.3) is 0 Å². The second kappa shape index (κ2) is 3.47. The van der Waals surface area contributed by atoms with Gasteiger partial charge in [-0.1, -0.05) is 48.8 Å². The Labute approximate surface area is 89.6 Å². The molecular formula is C11H19I. The fourth-order valence-electron chi connectivity index (χ4n) is 3.20.